The lowest BCUT2D eigenvalue weighted by molar-refractivity contribution is 0.0999. The maximum Gasteiger partial charge on any atom is 0.124 e. The van der Waals surface area contributed by atoms with E-state index in [1.807, 2.05) is 0 Å². The summed E-state index contributed by atoms with van der Waals surface area (Å²) in [6.07, 6.45) is 0. The fourth-order valence-corrected chi connectivity index (χ4v) is 2.45. The molecule has 0 amide bonds. The number of aliphatic hydroxyl groups is 1. The van der Waals surface area contributed by atoms with Crippen molar-refractivity contribution in [2.24, 2.45) is 0 Å². The number of aliphatic hydroxyl groups excluding tert-OH is 1. The van der Waals surface area contributed by atoms with E-state index in [0.717, 1.165) is 31.7 Å². The summed E-state index contributed by atoms with van der Waals surface area (Å²) in [6, 6.07) is 5.23. The average molecular weight is 276 g/mol. The number of benzene rings is 1. The number of nitrogens with zero attached hydrogens (tertiary/aromatic N) is 2. The van der Waals surface area contributed by atoms with Gasteiger partial charge in [0.1, 0.15) is 12.4 Å². The zero-order valence-electron chi connectivity index (χ0n) is 12.1. The second kappa shape index (κ2) is 6.85. The molecule has 1 aliphatic heterocycles. The highest BCUT2D eigenvalue weighted by molar-refractivity contribution is 5.41. The van der Waals surface area contributed by atoms with Crippen LogP contribution in [0, 0.1) is 17.7 Å². The van der Waals surface area contributed by atoms with E-state index >= 15 is 0 Å². The van der Waals surface area contributed by atoms with E-state index in [0.29, 0.717) is 11.6 Å². The van der Waals surface area contributed by atoms with Gasteiger partial charge in [0.25, 0.3) is 0 Å². The number of hydrogen-bond acceptors (Lipinski definition) is 3. The van der Waals surface area contributed by atoms with Crippen molar-refractivity contribution in [3.05, 3.63) is 35.1 Å². The first-order valence-electron chi connectivity index (χ1n) is 6.91. The summed E-state index contributed by atoms with van der Waals surface area (Å²) in [7, 11) is 2.14. The zero-order valence-corrected chi connectivity index (χ0v) is 12.1. The van der Waals surface area contributed by atoms with Crippen LogP contribution in [0.1, 0.15) is 18.1 Å². The maximum atomic E-state index is 13.3. The van der Waals surface area contributed by atoms with Crippen LogP contribution in [0.2, 0.25) is 0 Å². The highest BCUT2D eigenvalue weighted by Gasteiger charge is 2.21. The first kappa shape index (κ1) is 15.0. The van der Waals surface area contributed by atoms with Gasteiger partial charge in [-0.2, -0.15) is 0 Å². The molecule has 108 valence electrons. The molecule has 4 heteroatoms. The molecule has 0 bridgehead atoms. The monoisotopic (exact) mass is 276 g/mol. The van der Waals surface area contributed by atoms with Crippen LogP contribution >= 0.6 is 0 Å². The highest BCUT2D eigenvalue weighted by Crippen LogP contribution is 2.16. The molecule has 1 N–H and O–H groups in total. The first-order chi connectivity index (χ1) is 9.60. The summed E-state index contributed by atoms with van der Waals surface area (Å²) in [5.74, 6) is 5.14. The molecular formula is C16H21FN2O. The van der Waals surface area contributed by atoms with Gasteiger partial charge in [0.15, 0.2) is 0 Å². The molecular weight excluding hydrogens is 255 g/mol. The second-order valence-electron chi connectivity index (χ2n) is 5.33. The lowest BCUT2D eigenvalue weighted by Gasteiger charge is -2.37. The standard InChI is InChI=1S/C16H21FN2O/c1-13-11-19(8-7-18(13)2)12-15-5-6-16(17)10-14(15)4-3-9-20/h5-6,10,13,20H,7-9,11-12H2,1-2H3. The summed E-state index contributed by atoms with van der Waals surface area (Å²) >= 11 is 0. The van der Waals surface area contributed by atoms with Gasteiger partial charge in [0.2, 0.25) is 0 Å². The van der Waals surface area contributed by atoms with Crippen LogP contribution in [0.15, 0.2) is 18.2 Å². The summed E-state index contributed by atoms with van der Waals surface area (Å²) in [4.78, 5) is 4.70. The molecule has 20 heavy (non-hydrogen) atoms. The minimum atomic E-state index is -0.289. The van der Waals surface area contributed by atoms with Crippen LogP contribution in [0.25, 0.3) is 0 Å². The fourth-order valence-electron chi connectivity index (χ4n) is 2.45. The average Bonchev–Trinajstić information content (AvgIpc) is 2.43. The Balaban J connectivity index is 2.12. The molecule has 2 rings (SSSR count). The zero-order chi connectivity index (χ0) is 14.5. The van der Waals surface area contributed by atoms with Gasteiger partial charge in [0, 0.05) is 37.8 Å². The van der Waals surface area contributed by atoms with Gasteiger partial charge in [0.05, 0.1) is 0 Å². The van der Waals surface area contributed by atoms with E-state index < -0.39 is 0 Å². The number of piperazine rings is 1. The van der Waals surface area contributed by atoms with E-state index in [1.54, 1.807) is 6.07 Å². The molecule has 1 atom stereocenters. The SMILES string of the molecule is CC1CN(Cc2ccc(F)cc2C#CCO)CCN1C. The van der Waals surface area contributed by atoms with E-state index in [4.69, 9.17) is 5.11 Å². The molecule has 1 aliphatic rings. The Morgan fingerprint density at radius 2 is 2.20 bits per heavy atom. The van der Waals surface area contributed by atoms with Crippen molar-refractivity contribution in [1.29, 1.82) is 0 Å². The van der Waals surface area contributed by atoms with Crippen molar-refractivity contribution in [2.45, 2.75) is 19.5 Å². The molecule has 1 unspecified atom stereocenters. The molecule has 0 aromatic heterocycles. The van der Waals surface area contributed by atoms with Gasteiger partial charge in [-0.15, -0.1) is 0 Å². The number of hydrogen-bond donors (Lipinski definition) is 1. The number of halogens is 1. The van der Waals surface area contributed by atoms with Crippen LogP contribution < -0.4 is 0 Å². The minimum Gasteiger partial charge on any atom is -0.384 e. The fraction of sp³-hybridized carbons (Fsp3) is 0.500. The molecule has 1 saturated heterocycles. The Bertz CT molecular complexity index is 521. The largest absolute Gasteiger partial charge is 0.384 e. The summed E-state index contributed by atoms with van der Waals surface area (Å²) in [6.45, 7) is 5.82. The van der Waals surface area contributed by atoms with Crippen LogP contribution in [0.3, 0.4) is 0 Å². The third-order valence-electron chi connectivity index (χ3n) is 3.81. The number of rotatable bonds is 2. The molecule has 1 aromatic carbocycles. The molecule has 0 saturated carbocycles. The van der Waals surface area contributed by atoms with Crippen LogP contribution in [0.4, 0.5) is 4.39 Å². The smallest absolute Gasteiger partial charge is 0.124 e. The van der Waals surface area contributed by atoms with Gasteiger partial charge in [-0.05, 0) is 31.7 Å². The van der Waals surface area contributed by atoms with Gasteiger partial charge >= 0.3 is 0 Å². The van der Waals surface area contributed by atoms with Crippen LogP contribution in [0.5, 0.6) is 0 Å². The quantitative estimate of drug-likeness (QED) is 0.825. The Kier molecular flexibility index (Phi) is 5.13. The Labute approximate surface area is 120 Å². The molecule has 0 spiro atoms. The highest BCUT2D eigenvalue weighted by atomic mass is 19.1. The van der Waals surface area contributed by atoms with E-state index in [9.17, 15) is 4.39 Å². The third kappa shape index (κ3) is 3.80. The van der Waals surface area contributed by atoms with Crippen molar-refractivity contribution in [3.63, 3.8) is 0 Å². The summed E-state index contributed by atoms with van der Waals surface area (Å²) in [5, 5.41) is 8.79. The predicted octanol–water partition coefficient (Wildman–Crippen LogP) is 1.31. The minimum absolute atomic E-state index is 0.207. The van der Waals surface area contributed by atoms with E-state index in [2.05, 4.69) is 35.6 Å². The van der Waals surface area contributed by atoms with Crippen molar-refractivity contribution >= 4 is 0 Å². The molecule has 0 aliphatic carbocycles. The summed E-state index contributed by atoms with van der Waals surface area (Å²) in [5.41, 5.74) is 1.69. The van der Waals surface area contributed by atoms with Crippen molar-refractivity contribution in [1.82, 2.24) is 9.80 Å². The van der Waals surface area contributed by atoms with Crippen LogP contribution in [-0.2, 0) is 6.54 Å². The lowest BCUT2D eigenvalue weighted by atomic mass is 10.1. The Morgan fingerprint density at radius 3 is 2.90 bits per heavy atom. The number of likely N-dealkylation sites (N-methyl/N-ethyl adjacent to an activating group) is 1. The van der Waals surface area contributed by atoms with Crippen molar-refractivity contribution < 1.29 is 9.50 Å². The lowest BCUT2D eigenvalue weighted by Crippen LogP contribution is -2.49. The van der Waals surface area contributed by atoms with E-state index in [1.165, 1.54) is 12.1 Å². The van der Waals surface area contributed by atoms with Gasteiger partial charge < -0.3 is 10.0 Å². The Hall–Kier alpha value is -1.41. The van der Waals surface area contributed by atoms with Gasteiger partial charge in [-0.1, -0.05) is 17.9 Å². The third-order valence-corrected chi connectivity index (χ3v) is 3.81. The van der Waals surface area contributed by atoms with Crippen LogP contribution in [-0.4, -0.2) is 54.2 Å². The molecule has 1 fully saturated rings. The maximum absolute atomic E-state index is 13.3. The van der Waals surface area contributed by atoms with E-state index in [-0.39, 0.29) is 12.4 Å². The normalized spacial score (nSPS) is 20.5. The van der Waals surface area contributed by atoms with Crippen molar-refractivity contribution in [3.8, 4) is 11.8 Å². The second-order valence-corrected chi connectivity index (χ2v) is 5.33. The molecule has 3 nitrogen and oxygen atoms in total. The topological polar surface area (TPSA) is 26.7 Å². The van der Waals surface area contributed by atoms with Gasteiger partial charge in [-0.25, -0.2) is 4.39 Å². The predicted molar refractivity (Wildman–Crippen MR) is 77.7 cm³/mol. The molecule has 1 heterocycles. The van der Waals surface area contributed by atoms with Crippen molar-refractivity contribution in [2.75, 3.05) is 33.3 Å². The molecule has 1 aromatic rings. The summed E-state index contributed by atoms with van der Waals surface area (Å²) < 4.78 is 13.3. The van der Waals surface area contributed by atoms with Gasteiger partial charge in [-0.3, -0.25) is 4.90 Å². The molecule has 0 radical (unpaired) electrons. The Morgan fingerprint density at radius 1 is 1.40 bits per heavy atom. The first-order valence-corrected chi connectivity index (χ1v) is 6.91.